The Morgan fingerprint density at radius 3 is 1.22 bits per heavy atom. The van der Waals surface area contributed by atoms with Gasteiger partial charge in [0.25, 0.3) is 0 Å². The van der Waals surface area contributed by atoms with Crippen LogP contribution in [0, 0.1) is 0 Å². The highest BCUT2D eigenvalue weighted by Crippen LogP contribution is 2.30. The molecular formula is C69H127NO13. The van der Waals surface area contributed by atoms with Gasteiger partial charge in [-0.3, -0.25) is 4.79 Å². The van der Waals surface area contributed by atoms with E-state index in [1.165, 1.54) is 205 Å². The van der Waals surface area contributed by atoms with E-state index in [0.29, 0.717) is 6.42 Å². The molecule has 2 fully saturated rings. The number of rotatable bonds is 56. The van der Waals surface area contributed by atoms with Crippen LogP contribution in [0.15, 0.2) is 48.6 Å². The SMILES string of the molecule is CCCCCCC/C=C\C/C=C\C/C=C\CCCCCCCCCCC(=O)NC(COC1OC(CO)C(OC2OC(CO)C(O)C(O)C2O)C(O)C1O)C(O)/C=C/CCCCCCCCCCCCCCCCCCCCCCCCCC. The number of hydrogen-bond donors (Lipinski definition) is 9. The number of carbonyl (C=O) groups is 1. The fourth-order valence-electron chi connectivity index (χ4n) is 11.2. The number of ether oxygens (including phenoxy) is 4. The van der Waals surface area contributed by atoms with Crippen molar-refractivity contribution >= 4 is 5.91 Å². The summed E-state index contributed by atoms with van der Waals surface area (Å²) in [7, 11) is 0. The predicted octanol–water partition coefficient (Wildman–Crippen LogP) is 13.5. The second-order valence-corrected chi connectivity index (χ2v) is 24.3. The predicted molar refractivity (Wildman–Crippen MR) is 337 cm³/mol. The first-order valence-electron chi connectivity index (χ1n) is 34.4. The summed E-state index contributed by atoms with van der Waals surface area (Å²) in [5.74, 6) is -0.244. The van der Waals surface area contributed by atoms with Crippen molar-refractivity contribution in [3.8, 4) is 0 Å². The van der Waals surface area contributed by atoms with Gasteiger partial charge in [0.1, 0.15) is 48.8 Å². The number of aliphatic hydroxyl groups is 8. The molecule has 0 bridgehead atoms. The molecule has 14 nitrogen and oxygen atoms in total. The maximum atomic E-state index is 13.3. The van der Waals surface area contributed by atoms with E-state index in [-0.39, 0.29) is 18.9 Å². The molecular weight excluding hydrogens is 1050 g/mol. The Morgan fingerprint density at radius 1 is 0.434 bits per heavy atom. The van der Waals surface area contributed by atoms with Crippen molar-refractivity contribution in [3.63, 3.8) is 0 Å². The Balaban J connectivity index is 1.71. The number of allylic oxidation sites excluding steroid dienone is 7. The highest BCUT2D eigenvalue weighted by molar-refractivity contribution is 5.76. The standard InChI is InChI=1S/C69H127NO13/c1-3-5-7-9-11-13-15-17-19-21-23-25-27-28-29-31-32-34-36-38-40-42-44-46-48-50-52-58(73)57(56-80-68-66(79)64(77)67(60(55-72)82-68)83-69-65(78)63(76)62(75)59(54-71)81-69)70-61(74)53-51-49-47-45-43-41-39-37-35-33-30-26-24-22-20-18-16-14-12-10-8-6-4-2/h16,18,22,24,30,33,50,52,57-60,62-69,71-73,75-79H,3-15,17,19-21,23,25-29,31-32,34-49,51,53-56H2,1-2H3,(H,70,74)/b18-16-,24-22-,33-30-,52-50+. The minimum Gasteiger partial charge on any atom is -0.394 e. The van der Waals surface area contributed by atoms with Gasteiger partial charge in [0, 0.05) is 6.42 Å². The average molecular weight is 1180 g/mol. The van der Waals surface area contributed by atoms with Gasteiger partial charge in [0.15, 0.2) is 12.6 Å². The maximum absolute atomic E-state index is 13.3. The topological polar surface area (TPSA) is 228 Å². The molecule has 0 radical (unpaired) electrons. The number of unbranched alkanes of at least 4 members (excludes halogenated alkanes) is 37. The van der Waals surface area contributed by atoms with Crippen LogP contribution in [-0.4, -0.2) is 140 Å². The molecule has 83 heavy (non-hydrogen) atoms. The zero-order valence-corrected chi connectivity index (χ0v) is 52.7. The Bertz CT molecular complexity index is 1580. The molecule has 0 aliphatic carbocycles. The molecule has 0 aromatic carbocycles. The van der Waals surface area contributed by atoms with Gasteiger partial charge in [-0.05, 0) is 57.8 Å². The van der Waals surface area contributed by atoms with Crippen LogP contribution in [0.3, 0.4) is 0 Å². The van der Waals surface area contributed by atoms with Gasteiger partial charge in [0.05, 0.1) is 32.0 Å². The zero-order chi connectivity index (χ0) is 60.2. The molecule has 1 amide bonds. The van der Waals surface area contributed by atoms with E-state index >= 15 is 0 Å². The molecule has 12 atom stereocenters. The van der Waals surface area contributed by atoms with E-state index in [0.717, 1.165) is 57.8 Å². The third-order valence-electron chi connectivity index (χ3n) is 16.8. The summed E-state index contributed by atoms with van der Waals surface area (Å²) in [5, 5.41) is 87.4. The zero-order valence-electron chi connectivity index (χ0n) is 52.7. The molecule has 0 saturated carbocycles. The van der Waals surface area contributed by atoms with Crippen molar-refractivity contribution < 1.29 is 64.6 Å². The molecule has 12 unspecified atom stereocenters. The van der Waals surface area contributed by atoms with E-state index < -0.39 is 86.8 Å². The molecule has 14 heteroatoms. The molecule has 0 spiro atoms. The Kier molecular flexibility index (Phi) is 50.2. The number of amides is 1. The van der Waals surface area contributed by atoms with E-state index in [9.17, 15) is 45.6 Å². The molecule has 2 aliphatic heterocycles. The summed E-state index contributed by atoms with van der Waals surface area (Å²) in [4.78, 5) is 13.3. The molecule has 2 rings (SSSR count). The van der Waals surface area contributed by atoms with Crippen LogP contribution in [0.2, 0.25) is 0 Å². The van der Waals surface area contributed by atoms with Crippen LogP contribution in [0.25, 0.3) is 0 Å². The smallest absolute Gasteiger partial charge is 0.220 e. The average Bonchev–Trinajstić information content (AvgIpc) is 3.64. The summed E-state index contributed by atoms with van der Waals surface area (Å²) in [6, 6.07) is -0.921. The van der Waals surface area contributed by atoms with Gasteiger partial charge in [-0.25, -0.2) is 0 Å². The minimum atomic E-state index is -1.79. The summed E-state index contributed by atoms with van der Waals surface area (Å²) in [6.45, 7) is 2.82. The molecule has 9 N–H and O–H groups in total. The quantitative estimate of drug-likeness (QED) is 0.0204. The van der Waals surface area contributed by atoms with Gasteiger partial charge in [0.2, 0.25) is 5.91 Å². The fraction of sp³-hybridized carbons (Fsp3) is 0.870. The molecule has 2 saturated heterocycles. The lowest BCUT2D eigenvalue weighted by Crippen LogP contribution is -2.65. The van der Waals surface area contributed by atoms with E-state index in [2.05, 4.69) is 55.6 Å². The van der Waals surface area contributed by atoms with Crippen molar-refractivity contribution in [1.82, 2.24) is 5.32 Å². The van der Waals surface area contributed by atoms with E-state index in [4.69, 9.17) is 18.9 Å². The molecule has 2 aliphatic rings. The van der Waals surface area contributed by atoms with Crippen molar-refractivity contribution in [1.29, 1.82) is 0 Å². The first-order valence-corrected chi connectivity index (χ1v) is 34.4. The largest absolute Gasteiger partial charge is 0.394 e. The van der Waals surface area contributed by atoms with Crippen molar-refractivity contribution in [2.45, 2.75) is 364 Å². The summed E-state index contributed by atoms with van der Waals surface area (Å²) < 4.78 is 22.8. The van der Waals surface area contributed by atoms with Crippen LogP contribution in [-0.2, 0) is 23.7 Å². The molecule has 0 aromatic rings. The first-order chi connectivity index (χ1) is 40.6. The lowest BCUT2D eigenvalue weighted by Gasteiger charge is -2.46. The number of carbonyl (C=O) groups excluding carboxylic acids is 1. The molecule has 486 valence electrons. The lowest BCUT2D eigenvalue weighted by molar-refractivity contribution is -0.359. The van der Waals surface area contributed by atoms with Crippen molar-refractivity contribution in [3.05, 3.63) is 48.6 Å². The van der Waals surface area contributed by atoms with Crippen LogP contribution in [0.1, 0.15) is 290 Å². The van der Waals surface area contributed by atoms with Gasteiger partial charge in [-0.15, -0.1) is 0 Å². The first kappa shape index (κ1) is 77.0. The monoisotopic (exact) mass is 1180 g/mol. The Labute approximate surface area is 505 Å². The highest BCUT2D eigenvalue weighted by Gasteiger charge is 2.51. The summed E-state index contributed by atoms with van der Waals surface area (Å²) in [6.07, 6.45) is 53.0. The fourth-order valence-corrected chi connectivity index (χ4v) is 11.2. The van der Waals surface area contributed by atoms with Crippen molar-refractivity contribution in [2.24, 2.45) is 0 Å². The number of hydrogen-bond acceptors (Lipinski definition) is 13. The van der Waals surface area contributed by atoms with Crippen LogP contribution in [0.5, 0.6) is 0 Å². The van der Waals surface area contributed by atoms with Crippen LogP contribution < -0.4 is 5.32 Å². The Morgan fingerprint density at radius 2 is 0.795 bits per heavy atom. The third-order valence-corrected chi connectivity index (χ3v) is 16.8. The second-order valence-electron chi connectivity index (χ2n) is 24.3. The number of nitrogens with one attached hydrogen (secondary N) is 1. The van der Waals surface area contributed by atoms with Crippen molar-refractivity contribution in [2.75, 3.05) is 19.8 Å². The van der Waals surface area contributed by atoms with Gasteiger partial charge < -0.3 is 65.1 Å². The Hall–Kier alpha value is -2.05. The maximum Gasteiger partial charge on any atom is 0.220 e. The normalized spacial score (nSPS) is 24.1. The van der Waals surface area contributed by atoms with E-state index in [1.54, 1.807) is 6.08 Å². The number of aliphatic hydroxyl groups excluding tert-OH is 8. The minimum absolute atomic E-state index is 0.244. The molecule has 2 heterocycles. The van der Waals surface area contributed by atoms with Crippen LogP contribution >= 0.6 is 0 Å². The summed E-state index contributed by atoms with van der Waals surface area (Å²) >= 11 is 0. The molecule has 0 aromatic heterocycles. The highest BCUT2D eigenvalue weighted by atomic mass is 16.7. The summed E-state index contributed by atoms with van der Waals surface area (Å²) in [5.41, 5.74) is 0. The third kappa shape index (κ3) is 38.8. The second kappa shape index (κ2) is 54.1. The van der Waals surface area contributed by atoms with Gasteiger partial charge >= 0.3 is 0 Å². The van der Waals surface area contributed by atoms with Crippen LogP contribution in [0.4, 0.5) is 0 Å². The van der Waals surface area contributed by atoms with Gasteiger partial charge in [-0.2, -0.15) is 0 Å². The van der Waals surface area contributed by atoms with Gasteiger partial charge in [-0.1, -0.05) is 274 Å². The lowest BCUT2D eigenvalue weighted by atomic mass is 9.97. The van der Waals surface area contributed by atoms with E-state index in [1.807, 2.05) is 6.08 Å².